The van der Waals surface area contributed by atoms with Crippen LogP contribution in [0.5, 0.6) is 0 Å². The molecular weight excluding hydrogens is 220 g/mol. The fourth-order valence-corrected chi connectivity index (χ4v) is 3.60. The zero-order chi connectivity index (χ0) is 11.7. The summed E-state index contributed by atoms with van der Waals surface area (Å²) in [4.78, 5) is 11.4. The third-order valence-corrected chi connectivity index (χ3v) is 4.48. The lowest BCUT2D eigenvalue weighted by Gasteiger charge is -2.26. The van der Waals surface area contributed by atoms with E-state index in [1.807, 2.05) is 0 Å². The lowest BCUT2D eigenvalue weighted by molar-refractivity contribution is -0.168. The van der Waals surface area contributed by atoms with Crippen molar-refractivity contribution in [2.75, 3.05) is 18.1 Å². The summed E-state index contributed by atoms with van der Waals surface area (Å²) in [5, 5.41) is 9.91. The molecule has 0 aromatic rings. The Morgan fingerprint density at radius 2 is 2.20 bits per heavy atom. The Labute approximate surface area is 89.3 Å². The number of aliphatic hydroxyl groups is 1. The van der Waals surface area contributed by atoms with Gasteiger partial charge in [-0.15, -0.1) is 0 Å². The summed E-state index contributed by atoms with van der Waals surface area (Å²) >= 11 is 0. The Morgan fingerprint density at radius 1 is 1.60 bits per heavy atom. The summed E-state index contributed by atoms with van der Waals surface area (Å²) < 4.78 is 27.1. The van der Waals surface area contributed by atoms with E-state index in [9.17, 15) is 18.3 Å². The summed E-state index contributed by atoms with van der Waals surface area (Å²) in [6.45, 7) is 3.13. The predicted molar refractivity (Wildman–Crippen MR) is 54.0 cm³/mol. The molecule has 2 unspecified atom stereocenters. The van der Waals surface area contributed by atoms with Crippen LogP contribution in [0, 0.1) is 5.92 Å². The van der Waals surface area contributed by atoms with Gasteiger partial charge in [0.1, 0.15) is 0 Å². The van der Waals surface area contributed by atoms with Crippen LogP contribution in [0.3, 0.4) is 0 Å². The highest BCUT2D eigenvalue weighted by molar-refractivity contribution is 7.91. The fourth-order valence-electron chi connectivity index (χ4n) is 1.68. The van der Waals surface area contributed by atoms with Crippen LogP contribution in [-0.4, -0.2) is 43.2 Å². The van der Waals surface area contributed by atoms with Crippen molar-refractivity contribution in [3.63, 3.8) is 0 Å². The summed E-state index contributed by atoms with van der Waals surface area (Å²) in [5.74, 6) is -1.40. The second-order valence-electron chi connectivity index (χ2n) is 3.97. The smallest absolute Gasteiger partial charge is 0.338 e. The van der Waals surface area contributed by atoms with Gasteiger partial charge in [-0.3, -0.25) is 0 Å². The standard InChI is InChI=1S/C9H16O5S/c1-3-14-8(10)9(2,11)7-4-5-15(12,13)6-7/h7,11H,3-6H2,1-2H3. The van der Waals surface area contributed by atoms with Crippen LogP contribution in [0.2, 0.25) is 0 Å². The normalized spacial score (nSPS) is 28.3. The predicted octanol–water partition coefficient (Wildman–Crippen LogP) is -0.265. The molecular formula is C9H16O5S. The number of rotatable bonds is 3. The molecule has 0 bridgehead atoms. The lowest BCUT2D eigenvalue weighted by atomic mass is 9.89. The molecule has 5 nitrogen and oxygen atoms in total. The van der Waals surface area contributed by atoms with Crippen LogP contribution < -0.4 is 0 Å². The molecule has 0 aromatic carbocycles. The lowest BCUT2D eigenvalue weighted by Crippen LogP contribution is -2.44. The molecule has 0 saturated carbocycles. The molecule has 1 aliphatic heterocycles. The Hall–Kier alpha value is -0.620. The molecule has 1 fully saturated rings. The van der Waals surface area contributed by atoms with Crippen molar-refractivity contribution in [1.29, 1.82) is 0 Å². The minimum atomic E-state index is -3.09. The maximum atomic E-state index is 11.4. The Balaban J connectivity index is 2.75. The first-order valence-electron chi connectivity index (χ1n) is 4.89. The monoisotopic (exact) mass is 236 g/mol. The van der Waals surface area contributed by atoms with Crippen molar-refractivity contribution in [2.45, 2.75) is 25.9 Å². The maximum absolute atomic E-state index is 11.4. The molecule has 1 aliphatic rings. The van der Waals surface area contributed by atoms with Gasteiger partial charge >= 0.3 is 5.97 Å². The quantitative estimate of drug-likeness (QED) is 0.682. The number of sulfone groups is 1. The molecule has 0 radical (unpaired) electrons. The third kappa shape index (κ3) is 2.69. The van der Waals surface area contributed by atoms with Gasteiger partial charge in [0.15, 0.2) is 15.4 Å². The number of ether oxygens (including phenoxy) is 1. The zero-order valence-corrected chi connectivity index (χ0v) is 9.71. The minimum absolute atomic E-state index is 0.0349. The van der Waals surface area contributed by atoms with Crippen molar-refractivity contribution >= 4 is 15.8 Å². The van der Waals surface area contributed by atoms with E-state index in [2.05, 4.69) is 0 Å². The topological polar surface area (TPSA) is 80.7 Å². The second kappa shape index (κ2) is 4.09. The zero-order valence-electron chi connectivity index (χ0n) is 8.89. The van der Waals surface area contributed by atoms with E-state index in [1.165, 1.54) is 6.92 Å². The highest BCUT2D eigenvalue weighted by Crippen LogP contribution is 2.29. The van der Waals surface area contributed by atoms with E-state index in [0.717, 1.165) is 0 Å². The molecule has 15 heavy (non-hydrogen) atoms. The largest absolute Gasteiger partial charge is 0.464 e. The van der Waals surface area contributed by atoms with Crippen molar-refractivity contribution in [3.8, 4) is 0 Å². The Bertz CT molecular complexity index is 344. The van der Waals surface area contributed by atoms with Gasteiger partial charge in [-0.2, -0.15) is 0 Å². The number of hydrogen-bond donors (Lipinski definition) is 1. The molecule has 0 amide bonds. The molecule has 0 aromatic heterocycles. The highest BCUT2D eigenvalue weighted by Gasteiger charge is 2.46. The maximum Gasteiger partial charge on any atom is 0.338 e. The van der Waals surface area contributed by atoms with Crippen LogP contribution in [0.25, 0.3) is 0 Å². The highest BCUT2D eigenvalue weighted by atomic mass is 32.2. The minimum Gasteiger partial charge on any atom is -0.464 e. The molecule has 1 N–H and O–H groups in total. The molecule has 6 heteroatoms. The summed E-state index contributed by atoms with van der Waals surface area (Å²) in [7, 11) is -3.09. The first-order valence-corrected chi connectivity index (χ1v) is 6.71. The van der Waals surface area contributed by atoms with Crippen LogP contribution in [0.15, 0.2) is 0 Å². The van der Waals surface area contributed by atoms with Crippen LogP contribution in [-0.2, 0) is 19.4 Å². The van der Waals surface area contributed by atoms with E-state index in [1.54, 1.807) is 6.92 Å². The van der Waals surface area contributed by atoms with Gasteiger partial charge in [0.2, 0.25) is 0 Å². The van der Waals surface area contributed by atoms with Crippen LogP contribution in [0.1, 0.15) is 20.3 Å². The van der Waals surface area contributed by atoms with Crippen molar-refractivity contribution in [2.24, 2.45) is 5.92 Å². The SMILES string of the molecule is CCOC(=O)C(C)(O)C1CCS(=O)(=O)C1. The molecule has 2 atom stereocenters. The summed E-state index contributed by atoms with van der Waals surface area (Å²) in [6.07, 6.45) is 0.314. The van der Waals surface area contributed by atoms with E-state index in [4.69, 9.17) is 4.74 Å². The van der Waals surface area contributed by atoms with Crippen molar-refractivity contribution in [1.82, 2.24) is 0 Å². The molecule has 0 aliphatic carbocycles. The number of esters is 1. The second-order valence-corrected chi connectivity index (χ2v) is 6.20. The molecule has 0 spiro atoms. The van der Waals surface area contributed by atoms with E-state index >= 15 is 0 Å². The van der Waals surface area contributed by atoms with Gasteiger partial charge in [0.25, 0.3) is 0 Å². The summed E-state index contributed by atoms with van der Waals surface area (Å²) in [6, 6.07) is 0. The van der Waals surface area contributed by atoms with E-state index in [0.29, 0.717) is 6.42 Å². The first-order chi connectivity index (χ1) is 6.79. The summed E-state index contributed by atoms with van der Waals surface area (Å²) in [5.41, 5.74) is -1.69. The van der Waals surface area contributed by atoms with E-state index < -0.39 is 27.3 Å². The average molecular weight is 236 g/mol. The van der Waals surface area contributed by atoms with Crippen molar-refractivity contribution in [3.05, 3.63) is 0 Å². The van der Waals surface area contributed by atoms with Gasteiger partial charge in [-0.25, -0.2) is 13.2 Å². The van der Waals surface area contributed by atoms with Gasteiger partial charge < -0.3 is 9.84 Å². The molecule has 1 saturated heterocycles. The Morgan fingerprint density at radius 3 is 2.60 bits per heavy atom. The van der Waals surface area contributed by atoms with Crippen molar-refractivity contribution < 1.29 is 23.1 Å². The van der Waals surface area contributed by atoms with E-state index in [-0.39, 0.29) is 18.1 Å². The Kier molecular flexibility index (Phi) is 3.40. The first kappa shape index (κ1) is 12.4. The molecule has 1 heterocycles. The van der Waals surface area contributed by atoms with Gasteiger partial charge in [0, 0.05) is 5.92 Å². The fraction of sp³-hybridized carbons (Fsp3) is 0.889. The number of carbonyl (C=O) groups is 1. The third-order valence-electron chi connectivity index (χ3n) is 2.72. The molecule has 1 rings (SSSR count). The number of hydrogen-bond acceptors (Lipinski definition) is 5. The van der Waals surface area contributed by atoms with Gasteiger partial charge in [0.05, 0.1) is 18.1 Å². The molecule has 88 valence electrons. The van der Waals surface area contributed by atoms with Crippen LogP contribution in [0.4, 0.5) is 0 Å². The van der Waals surface area contributed by atoms with Crippen LogP contribution >= 0.6 is 0 Å². The number of carbonyl (C=O) groups excluding carboxylic acids is 1. The average Bonchev–Trinajstić information content (AvgIpc) is 2.47. The van der Waals surface area contributed by atoms with Gasteiger partial charge in [-0.05, 0) is 20.3 Å². The van der Waals surface area contributed by atoms with Gasteiger partial charge in [-0.1, -0.05) is 0 Å².